The van der Waals surface area contributed by atoms with Gasteiger partial charge in [-0.15, -0.1) is 0 Å². The zero-order valence-electron chi connectivity index (χ0n) is 9.45. The van der Waals surface area contributed by atoms with Crippen molar-refractivity contribution in [1.82, 2.24) is 19.6 Å². The first-order valence-corrected chi connectivity index (χ1v) is 5.35. The Labute approximate surface area is 109 Å². The summed E-state index contributed by atoms with van der Waals surface area (Å²) >= 11 is 5.75. The molecule has 0 spiro atoms. The van der Waals surface area contributed by atoms with E-state index >= 15 is 0 Å². The van der Waals surface area contributed by atoms with Gasteiger partial charge in [0.15, 0.2) is 6.61 Å². The molecule has 2 aromatic heterocycles. The molecule has 5 nitrogen and oxygen atoms in total. The molecular formula is C9H7ClF4N4O. The molecule has 0 saturated carbocycles. The van der Waals surface area contributed by atoms with Gasteiger partial charge in [-0.1, -0.05) is 11.6 Å². The normalized spacial score (nSPS) is 12.4. The summed E-state index contributed by atoms with van der Waals surface area (Å²) in [5, 5.41) is 3.66. The Hall–Kier alpha value is -1.64. The van der Waals surface area contributed by atoms with Crippen molar-refractivity contribution >= 4 is 17.4 Å². The van der Waals surface area contributed by atoms with Crippen molar-refractivity contribution in [2.45, 2.75) is 19.3 Å². The molecular weight excluding hydrogens is 292 g/mol. The van der Waals surface area contributed by atoms with E-state index in [1.54, 1.807) is 0 Å². The molecule has 0 aliphatic heterocycles. The summed E-state index contributed by atoms with van der Waals surface area (Å²) in [5.74, 6) is -4.45. The van der Waals surface area contributed by atoms with Gasteiger partial charge in [0.25, 0.3) is 5.78 Å². The summed E-state index contributed by atoms with van der Waals surface area (Å²) in [7, 11) is 0. The first-order valence-electron chi connectivity index (χ1n) is 4.97. The molecule has 19 heavy (non-hydrogen) atoms. The monoisotopic (exact) mass is 298 g/mol. The Morgan fingerprint density at radius 1 is 1.47 bits per heavy atom. The maximum absolute atomic E-state index is 12.8. The quantitative estimate of drug-likeness (QED) is 0.642. The van der Waals surface area contributed by atoms with E-state index in [4.69, 9.17) is 16.3 Å². The van der Waals surface area contributed by atoms with Gasteiger partial charge in [0, 0.05) is 5.56 Å². The van der Waals surface area contributed by atoms with Gasteiger partial charge >= 0.3 is 12.3 Å². The molecule has 0 bridgehead atoms. The van der Waals surface area contributed by atoms with Gasteiger partial charge in [-0.05, 0) is 6.92 Å². The predicted molar refractivity (Wildman–Crippen MR) is 57.0 cm³/mol. The SMILES string of the molecule is Cc1c(Cl)nc2ncnn2c1OCC(F)(F)C(F)F. The smallest absolute Gasteiger partial charge is 0.340 e. The third-order valence-corrected chi connectivity index (χ3v) is 2.64. The first kappa shape index (κ1) is 13.8. The fraction of sp³-hybridized carbons (Fsp3) is 0.444. The lowest BCUT2D eigenvalue weighted by Crippen LogP contribution is -2.34. The number of hydrogen-bond donors (Lipinski definition) is 0. The van der Waals surface area contributed by atoms with E-state index in [1.165, 1.54) is 6.92 Å². The first-order chi connectivity index (χ1) is 8.83. The highest BCUT2D eigenvalue weighted by molar-refractivity contribution is 6.30. The van der Waals surface area contributed by atoms with Crippen molar-refractivity contribution in [2.75, 3.05) is 6.61 Å². The van der Waals surface area contributed by atoms with Crippen molar-refractivity contribution in [3.63, 3.8) is 0 Å². The van der Waals surface area contributed by atoms with E-state index in [1.807, 2.05) is 0 Å². The van der Waals surface area contributed by atoms with Crippen LogP contribution in [0.25, 0.3) is 5.78 Å². The topological polar surface area (TPSA) is 52.3 Å². The van der Waals surface area contributed by atoms with Crippen LogP contribution in [0, 0.1) is 6.92 Å². The molecule has 0 aromatic carbocycles. The average molecular weight is 299 g/mol. The Balaban J connectivity index is 2.35. The van der Waals surface area contributed by atoms with Crippen molar-refractivity contribution in [2.24, 2.45) is 0 Å². The van der Waals surface area contributed by atoms with Crippen LogP contribution >= 0.6 is 11.6 Å². The Bertz CT molecular complexity index is 603. The summed E-state index contributed by atoms with van der Waals surface area (Å²) in [6, 6.07) is 0. The van der Waals surface area contributed by atoms with Crippen LogP contribution < -0.4 is 4.74 Å². The number of halogens is 5. The average Bonchev–Trinajstić information content (AvgIpc) is 2.77. The molecule has 0 radical (unpaired) electrons. The van der Waals surface area contributed by atoms with Crippen molar-refractivity contribution in [3.8, 4) is 5.88 Å². The number of rotatable bonds is 4. The van der Waals surface area contributed by atoms with Crippen molar-refractivity contribution in [1.29, 1.82) is 0 Å². The summed E-state index contributed by atoms with van der Waals surface area (Å²) in [5.41, 5.74) is 0.199. The van der Waals surface area contributed by atoms with Crippen LogP contribution in [-0.2, 0) is 0 Å². The maximum atomic E-state index is 12.8. The summed E-state index contributed by atoms with van der Waals surface area (Å²) in [6.07, 6.45) is -2.72. The lowest BCUT2D eigenvalue weighted by atomic mass is 10.3. The van der Waals surface area contributed by atoms with Crippen LogP contribution in [0.4, 0.5) is 17.6 Å². The lowest BCUT2D eigenvalue weighted by Gasteiger charge is -2.17. The molecule has 2 rings (SSSR count). The van der Waals surface area contributed by atoms with E-state index in [0.717, 1.165) is 10.8 Å². The van der Waals surface area contributed by atoms with Gasteiger partial charge < -0.3 is 4.74 Å². The molecule has 0 atom stereocenters. The van der Waals surface area contributed by atoms with Crippen LogP contribution in [0.2, 0.25) is 5.15 Å². The van der Waals surface area contributed by atoms with Crippen LogP contribution in [-0.4, -0.2) is 38.5 Å². The highest BCUT2D eigenvalue weighted by Gasteiger charge is 2.42. The molecule has 2 heterocycles. The van der Waals surface area contributed by atoms with E-state index in [9.17, 15) is 17.6 Å². The van der Waals surface area contributed by atoms with E-state index in [2.05, 4.69) is 15.1 Å². The fourth-order valence-electron chi connectivity index (χ4n) is 1.27. The molecule has 0 aliphatic rings. The van der Waals surface area contributed by atoms with Gasteiger partial charge in [-0.2, -0.15) is 28.4 Å². The molecule has 0 saturated heterocycles. The van der Waals surface area contributed by atoms with E-state index in [0.29, 0.717) is 0 Å². The number of fused-ring (bicyclic) bond motifs is 1. The third-order valence-electron chi connectivity index (χ3n) is 2.27. The second kappa shape index (κ2) is 4.80. The number of nitrogens with zero attached hydrogens (tertiary/aromatic N) is 4. The number of hydrogen-bond acceptors (Lipinski definition) is 4. The summed E-state index contributed by atoms with van der Waals surface area (Å²) in [6.45, 7) is -0.0624. The Kier molecular flexibility index (Phi) is 3.48. The third kappa shape index (κ3) is 2.55. The second-order valence-corrected chi connectivity index (χ2v) is 4.01. The second-order valence-electron chi connectivity index (χ2n) is 3.66. The van der Waals surface area contributed by atoms with Gasteiger partial charge in [-0.3, -0.25) is 0 Å². The summed E-state index contributed by atoms with van der Waals surface area (Å²) < 4.78 is 55.5. The molecule has 0 fully saturated rings. The molecule has 104 valence electrons. The van der Waals surface area contributed by atoms with Crippen LogP contribution in [0.3, 0.4) is 0 Å². The molecule has 10 heteroatoms. The highest BCUT2D eigenvalue weighted by atomic mass is 35.5. The largest absolute Gasteiger partial charge is 0.471 e. The van der Waals surface area contributed by atoms with Gasteiger partial charge in [0.2, 0.25) is 5.88 Å². The molecule has 2 aromatic rings. The number of alkyl halides is 4. The number of ether oxygens (including phenoxy) is 1. The van der Waals surface area contributed by atoms with Crippen LogP contribution in [0.5, 0.6) is 5.88 Å². The maximum Gasteiger partial charge on any atom is 0.340 e. The zero-order valence-corrected chi connectivity index (χ0v) is 10.2. The van der Waals surface area contributed by atoms with Crippen LogP contribution in [0.1, 0.15) is 5.56 Å². The molecule has 0 aliphatic carbocycles. The molecule has 0 amide bonds. The predicted octanol–water partition coefficient (Wildman–Crippen LogP) is 2.37. The lowest BCUT2D eigenvalue weighted by molar-refractivity contribution is -0.149. The minimum Gasteiger partial charge on any atom is -0.471 e. The van der Waals surface area contributed by atoms with E-state index < -0.39 is 19.0 Å². The Morgan fingerprint density at radius 3 is 2.79 bits per heavy atom. The van der Waals surface area contributed by atoms with Gasteiger partial charge in [-0.25, -0.2) is 8.78 Å². The van der Waals surface area contributed by atoms with Crippen molar-refractivity contribution in [3.05, 3.63) is 17.0 Å². The van der Waals surface area contributed by atoms with Crippen LogP contribution in [0.15, 0.2) is 6.33 Å². The summed E-state index contributed by atoms with van der Waals surface area (Å²) in [4.78, 5) is 7.52. The van der Waals surface area contributed by atoms with Gasteiger partial charge in [0.05, 0.1) is 0 Å². The minimum atomic E-state index is -4.27. The van der Waals surface area contributed by atoms with Gasteiger partial charge in [0.1, 0.15) is 11.5 Å². The molecule has 0 N–H and O–H groups in total. The zero-order chi connectivity index (χ0) is 14.2. The Morgan fingerprint density at radius 2 is 2.16 bits per heavy atom. The van der Waals surface area contributed by atoms with E-state index in [-0.39, 0.29) is 22.4 Å². The highest BCUT2D eigenvalue weighted by Crippen LogP contribution is 2.28. The number of aromatic nitrogens is 4. The minimum absolute atomic E-state index is 0.0194. The fourth-order valence-corrected chi connectivity index (χ4v) is 1.43. The standard InChI is InChI=1S/C9H7ClF4N4O/c1-4-5(10)17-8-15-3-16-18(8)6(4)19-2-9(13,14)7(11)12/h3,7H,2H2,1H3. The van der Waals surface area contributed by atoms with Crippen molar-refractivity contribution < 1.29 is 22.3 Å². The molecule has 0 unspecified atom stereocenters.